The van der Waals surface area contributed by atoms with Gasteiger partial charge in [0.1, 0.15) is 0 Å². The molecule has 1 aliphatic rings. The van der Waals surface area contributed by atoms with Crippen LogP contribution < -0.4 is 0 Å². The SMILES string of the molecule is CC1(C)C(CCCS)C1(C)C. The molecule has 0 aliphatic heterocycles. The predicted molar refractivity (Wildman–Crippen MR) is 54.1 cm³/mol. The van der Waals surface area contributed by atoms with Crippen molar-refractivity contribution in [2.75, 3.05) is 5.75 Å². The average molecular weight is 172 g/mol. The molecule has 0 aromatic rings. The van der Waals surface area contributed by atoms with Crippen molar-refractivity contribution >= 4 is 12.6 Å². The van der Waals surface area contributed by atoms with Crippen molar-refractivity contribution in [3.05, 3.63) is 0 Å². The minimum atomic E-state index is 0.579. The highest BCUT2D eigenvalue weighted by atomic mass is 32.1. The smallest absolute Gasteiger partial charge is 0.00978 e. The molecule has 1 fully saturated rings. The molecule has 0 saturated heterocycles. The van der Waals surface area contributed by atoms with Crippen LogP contribution in [0.1, 0.15) is 40.5 Å². The van der Waals surface area contributed by atoms with E-state index in [1.807, 2.05) is 0 Å². The van der Waals surface area contributed by atoms with E-state index in [9.17, 15) is 0 Å². The van der Waals surface area contributed by atoms with Gasteiger partial charge in [-0.05, 0) is 35.3 Å². The van der Waals surface area contributed by atoms with Crippen LogP contribution in [0.15, 0.2) is 0 Å². The molecule has 0 aromatic heterocycles. The largest absolute Gasteiger partial charge is 0.179 e. The van der Waals surface area contributed by atoms with Crippen LogP contribution >= 0.6 is 12.6 Å². The Morgan fingerprint density at radius 3 is 1.82 bits per heavy atom. The molecular weight excluding hydrogens is 152 g/mol. The normalized spacial score (nSPS) is 27.0. The first kappa shape index (κ1) is 9.44. The zero-order chi connectivity index (χ0) is 8.70. The summed E-state index contributed by atoms with van der Waals surface area (Å²) < 4.78 is 0. The first-order chi connectivity index (χ1) is 4.94. The van der Waals surface area contributed by atoms with Gasteiger partial charge in [0.05, 0.1) is 0 Å². The number of hydrogen-bond donors (Lipinski definition) is 1. The second kappa shape index (κ2) is 2.69. The first-order valence-corrected chi connectivity index (χ1v) is 5.18. The van der Waals surface area contributed by atoms with E-state index in [1.54, 1.807) is 0 Å². The summed E-state index contributed by atoms with van der Waals surface area (Å²) in [7, 11) is 0. The van der Waals surface area contributed by atoms with Gasteiger partial charge in [0.2, 0.25) is 0 Å². The Kier molecular flexibility index (Phi) is 2.31. The van der Waals surface area contributed by atoms with E-state index in [0.717, 1.165) is 11.7 Å². The highest BCUT2D eigenvalue weighted by molar-refractivity contribution is 7.80. The van der Waals surface area contributed by atoms with E-state index in [0.29, 0.717) is 10.8 Å². The molecule has 1 heteroatoms. The molecule has 0 radical (unpaired) electrons. The Labute approximate surface area is 76.2 Å². The molecule has 0 heterocycles. The van der Waals surface area contributed by atoms with Gasteiger partial charge in [0, 0.05) is 0 Å². The van der Waals surface area contributed by atoms with Gasteiger partial charge in [-0.15, -0.1) is 0 Å². The maximum Gasteiger partial charge on any atom is -0.00978 e. The van der Waals surface area contributed by atoms with E-state index in [1.165, 1.54) is 12.8 Å². The molecule has 0 nitrogen and oxygen atoms in total. The molecule has 1 aliphatic carbocycles. The summed E-state index contributed by atoms with van der Waals surface area (Å²) in [4.78, 5) is 0. The molecule has 1 saturated carbocycles. The van der Waals surface area contributed by atoms with Crippen molar-refractivity contribution in [2.45, 2.75) is 40.5 Å². The summed E-state index contributed by atoms with van der Waals surface area (Å²) in [5.74, 6) is 1.98. The lowest BCUT2D eigenvalue weighted by atomic mass is 10.0. The van der Waals surface area contributed by atoms with Crippen LogP contribution in [0.2, 0.25) is 0 Å². The summed E-state index contributed by atoms with van der Waals surface area (Å²) in [6.07, 6.45) is 2.64. The van der Waals surface area contributed by atoms with Crippen LogP contribution in [-0.4, -0.2) is 5.75 Å². The molecule has 66 valence electrons. The van der Waals surface area contributed by atoms with Crippen molar-refractivity contribution < 1.29 is 0 Å². The molecule has 11 heavy (non-hydrogen) atoms. The third kappa shape index (κ3) is 1.32. The van der Waals surface area contributed by atoms with Gasteiger partial charge in [-0.1, -0.05) is 27.7 Å². The zero-order valence-corrected chi connectivity index (χ0v) is 9.04. The molecule has 1 rings (SSSR count). The van der Waals surface area contributed by atoms with Gasteiger partial charge < -0.3 is 0 Å². The van der Waals surface area contributed by atoms with E-state index >= 15 is 0 Å². The number of rotatable bonds is 3. The van der Waals surface area contributed by atoms with Crippen LogP contribution in [0.4, 0.5) is 0 Å². The third-order valence-corrected chi connectivity index (χ3v) is 4.29. The van der Waals surface area contributed by atoms with Gasteiger partial charge in [-0.2, -0.15) is 12.6 Å². The van der Waals surface area contributed by atoms with Gasteiger partial charge >= 0.3 is 0 Å². The first-order valence-electron chi connectivity index (χ1n) is 4.55. The molecule has 0 amide bonds. The van der Waals surface area contributed by atoms with Crippen molar-refractivity contribution in [3.63, 3.8) is 0 Å². The summed E-state index contributed by atoms with van der Waals surface area (Å²) in [5, 5.41) is 0. The monoisotopic (exact) mass is 172 g/mol. The van der Waals surface area contributed by atoms with Crippen LogP contribution in [0, 0.1) is 16.7 Å². The summed E-state index contributed by atoms with van der Waals surface area (Å²) in [6, 6.07) is 0. The van der Waals surface area contributed by atoms with Crippen LogP contribution in [0.3, 0.4) is 0 Å². The minimum absolute atomic E-state index is 0.579. The van der Waals surface area contributed by atoms with Gasteiger partial charge in [-0.3, -0.25) is 0 Å². The molecule has 0 spiro atoms. The Morgan fingerprint density at radius 1 is 1.09 bits per heavy atom. The topological polar surface area (TPSA) is 0 Å². The lowest BCUT2D eigenvalue weighted by Crippen LogP contribution is -1.95. The molecule has 0 unspecified atom stereocenters. The predicted octanol–water partition coefficient (Wildman–Crippen LogP) is 3.38. The van der Waals surface area contributed by atoms with Crippen molar-refractivity contribution in [2.24, 2.45) is 16.7 Å². The highest BCUT2D eigenvalue weighted by Crippen LogP contribution is 2.69. The van der Waals surface area contributed by atoms with Crippen LogP contribution in [0.5, 0.6) is 0 Å². The fourth-order valence-corrected chi connectivity index (χ4v) is 2.53. The lowest BCUT2D eigenvalue weighted by molar-refractivity contribution is 0.457. The van der Waals surface area contributed by atoms with Crippen molar-refractivity contribution in [1.82, 2.24) is 0 Å². The van der Waals surface area contributed by atoms with Gasteiger partial charge in [0.25, 0.3) is 0 Å². The summed E-state index contributed by atoms with van der Waals surface area (Å²) >= 11 is 4.24. The van der Waals surface area contributed by atoms with Crippen molar-refractivity contribution in [3.8, 4) is 0 Å². The fraction of sp³-hybridized carbons (Fsp3) is 1.00. The molecule has 0 atom stereocenters. The highest BCUT2D eigenvalue weighted by Gasteiger charge is 2.63. The van der Waals surface area contributed by atoms with Crippen LogP contribution in [0.25, 0.3) is 0 Å². The Hall–Kier alpha value is 0.350. The number of thiol groups is 1. The van der Waals surface area contributed by atoms with E-state index in [2.05, 4.69) is 40.3 Å². The second-order valence-electron chi connectivity index (χ2n) is 4.86. The standard InChI is InChI=1S/C10H20S/c1-9(2)8(6-5-7-11)10(9,3)4/h8,11H,5-7H2,1-4H3. The summed E-state index contributed by atoms with van der Waals surface area (Å²) in [5.41, 5.74) is 1.16. The van der Waals surface area contributed by atoms with Crippen molar-refractivity contribution in [1.29, 1.82) is 0 Å². The van der Waals surface area contributed by atoms with E-state index in [4.69, 9.17) is 0 Å². The molecule has 0 bridgehead atoms. The van der Waals surface area contributed by atoms with E-state index < -0.39 is 0 Å². The van der Waals surface area contributed by atoms with Gasteiger partial charge in [-0.25, -0.2) is 0 Å². The maximum atomic E-state index is 4.24. The lowest BCUT2D eigenvalue weighted by Gasteiger charge is -2.04. The summed E-state index contributed by atoms with van der Waals surface area (Å²) in [6.45, 7) is 9.54. The molecule has 0 N–H and O–H groups in total. The number of hydrogen-bond acceptors (Lipinski definition) is 1. The van der Waals surface area contributed by atoms with E-state index in [-0.39, 0.29) is 0 Å². The van der Waals surface area contributed by atoms with Crippen LogP contribution in [-0.2, 0) is 0 Å². The Bertz CT molecular complexity index is 133. The molecule has 0 aromatic carbocycles. The van der Waals surface area contributed by atoms with Gasteiger partial charge in [0.15, 0.2) is 0 Å². The minimum Gasteiger partial charge on any atom is -0.179 e. The fourth-order valence-electron chi connectivity index (χ4n) is 2.35. The third-order valence-electron chi connectivity index (χ3n) is 3.97. The zero-order valence-electron chi connectivity index (χ0n) is 8.15. The maximum absolute atomic E-state index is 4.24. The quantitative estimate of drug-likeness (QED) is 0.620. The second-order valence-corrected chi connectivity index (χ2v) is 5.31. The Morgan fingerprint density at radius 2 is 1.55 bits per heavy atom. The molecular formula is C10H20S. The average Bonchev–Trinajstić information content (AvgIpc) is 2.23. The Balaban J connectivity index is 2.41.